The van der Waals surface area contributed by atoms with Crippen LogP contribution in [0.1, 0.15) is 48.8 Å². The molecule has 1 aromatic carbocycles. The first kappa shape index (κ1) is 16.2. The normalized spacial score (nSPS) is 17.6. The maximum absolute atomic E-state index is 6.74. The molecule has 4 heteroatoms. The fourth-order valence-corrected chi connectivity index (χ4v) is 4.24. The first-order chi connectivity index (χ1) is 10.6. The zero-order chi connectivity index (χ0) is 15.7. The molecule has 0 saturated heterocycles. The third-order valence-electron chi connectivity index (χ3n) is 4.51. The van der Waals surface area contributed by atoms with E-state index in [2.05, 4.69) is 0 Å². The second-order valence-electron chi connectivity index (χ2n) is 6.05. The molecule has 1 atom stereocenters. The van der Waals surface area contributed by atoms with Crippen molar-refractivity contribution in [2.75, 3.05) is 0 Å². The van der Waals surface area contributed by atoms with Crippen molar-refractivity contribution in [1.29, 1.82) is 0 Å². The van der Waals surface area contributed by atoms with E-state index in [0.717, 1.165) is 22.6 Å². The van der Waals surface area contributed by atoms with Gasteiger partial charge in [-0.05, 0) is 49.9 Å². The minimum Gasteiger partial charge on any atom is -0.461 e. The number of alkyl halides is 1. The summed E-state index contributed by atoms with van der Waals surface area (Å²) in [6.45, 7) is 1.97. The van der Waals surface area contributed by atoms with Crippen LogP contribution in [0.4, 0.5) is 0 Å². The van der Waals surface area contributed by atoms with Gasteiger partial charge in [-0.25, -0.2) is 0 Å². The van der Waals surface area contributed by atoms with Crippen molar-refractivity contribution < 1.29 is 4.42 Å². The molecular weight excluding hydrogens is 339 g/mol. The molecule has 1 fully saturated rings. The minimum absolute atomic E-state index is 0.0175. The Morgan fingerprint density at radius 3 is 2.50 bits per heavy atom. The van der Waals surface area contributed by atoms with E-state index in [1.165, 1.54) is 32.1 Å². The number of furan rings is 1. The Morgan fingerprint density at radius 2 is 1.82 bits per heavy atom. The Morgan fingerprint density at radius 1 is 1.09 bits per heavy atom. The highest BCUT2D eigenvalue weighted by Gasteiger charge is 2.26. The average molecular weight is 358 g/mol. The number of halogens is 3. The summed E-state index contributed by atoms with van der Waals surface area (Å²) in [5, 5.41) is 1.23. The van der Waals surface area contributed by atoms with Gasteiger partial charge in [0, 0.05) is 16.1 Å². The number of aryl methyl sites for hydroxylation is 1. The Kier molecular flexibility index (Phi) is 5.07. The minimum atomic E-state index is 0.0175. The molecule has 0 N–H and O–H groups in total. The Balaban J connectivity index is 1.89. The topological polar surface area (TPSA) is 13.1 Å². The van der Waals surface area contributed by atoms with Gasteiger partial charge in [0.05, 0.1) is 10.4 Å². The van der Waals surface area contributed by atoms with Gasteiger partial charge in [-0.3, -0.25) is 0 Å². The van der Waals surface area contributed by atoms with Crippen LogP contribution in [0.25, 0.3) is 11.3 Å². The number of hydrogen-bond acceptors (Lipinski definition) is 1. The summed E-state index contributed by atoms with van der Waals surface area (Å²) in [7, 11) is 0. The standard InChI is InChI=1S/C18H19Cl3O/c1-11-15(18(21)12-5-3-2-4-6-12)10-17(22-11)14-8-7-13(19)9-16(14)20/h7-10,12,18H,2-6H2,1H3. The zero-order valence-corrected chi connectivity index (χ0v) is 14.8. The molecule has 0 aliphatic heterocycles. The highest BCUT2D eigenvalue weighted by molar-refractivity contribution is 6.36. The summed E-state index contributed by atoms with van der Waals surface area (Å²) in [6, 6.07) is 7.47. The lowest BCUT2D eigenvalue weighted by Gasteiger charge is -2.25. The summed E-state index contributed by atoms with van der Waals surface area (Å²) in [5.74, 6) is 2.18. The van der Waals surface area contributed by atoms with Crippen molar-refractivity contribution in [2.24, 2.45) is 5.92 Å². The van der Waals surface area contributed by atoms with Gasteiger partial charge in [0.15, 0.2) is 0 Å². The summed E-state index contributed by atoms with van der Waals surface area (Å²) in [5.41, 5.74) is 1.95. The quantitative estimate of drug-likeness (QED) is 0.521. The van der Waals surface area contributed by atoms with Crippen LogP contribution < -0.4 is 0 Å². The third-order valence-corrected chi connectivity index (χ3v) is 5.65. The lowest BCUT2D eigenvalue weighted by Crippen LogP contribution is -2.12. The molecular formula is C18H19Cl3O. The van der Waals surface area contributed by atoms with E-state index in [4.69, 9.17) is 39.2 Å². The Labute approximate surface area is 146 Å². The molecule has 1 aromatic heterocycles. The lowest BCUT2D eigenvalue weighted by molar-refractivity contribution is 0.346. The maximum Gasteiger partial charge on any atom is 0.136 e. The van der Waals surface area contributed by atoms with E-state index in [9.17, 15) is 0 Å². The molecule has 1 saturated carbocycles. The van der Waals surface area contributed by atoms with Gasteiger partial charge in [-0.2, -0.15) is 0 Å². The first-order valence-electron chi connectivity index (χ1n) is 7.76. The van der Waals surface area contributed by atoms with Crippen molar-refractivity contribution >= 4 is 34.8 Å². The molecule has 2 aromatic rings. The SMILES string of the molecule is Cc1oc(-c2ccc(Cl)cc2Cl)cc1C(Cl)C1CCCCC1. The summed E-state index contributed by atoms with van der Waals surface area (Å²) >= 11 is 19.0. The van der Waals surface area contributed by atoms with E-state index in [-0.39, 0.29) is 5.38 Å². The van der Waals surface area contributed by atoms with Gasteiger partial charge in [-0.15, -0.1) is 11.6 Å². The van der Waals surface area contributed by atoms with E-state index in [1.807, 2.05) is 25.1 Å². The largest absolute Gasteiger partial charge is 0.461 e. The molecule has 0 amide bonds. The average Bonchev–Trinajstić information content (AvgIpc) is 2.89. The summed E-state index contributed by atoms with van der Waals surface area (Å²) in [6.07, 6.45) is 6.29. The molecule has 118 valence electrons. The number of rotatable bonds is 3. The lowest BCUT2D eigenvalue weighted by atomic mass is 9.84. The predicted octanol–water partition coefficient (Wildman–Crippen LogP) is 7.42. The van der Waals surface area contributed by atoms with E-state index in [1.54, 1.807) is 6.07 Å². The number of hydrogen-bond donors (Lipinski definition) is 0. The van der Waals surface area contributed by atoms with Crippen LogP contribution in [-0.4, -0.2) is 0 Å². The summed E-state index contributed by atoms with van der Waals surface area (Å²) < 4.78 is 5.92. The van der Waals surface area contributed by atoms with Crippen molar-refractivity contribution in [3.63, 3.8) is 0 Å². The zero-order valence-electron chi connectivity index (χ0n) is 12.5. The van der Waals surface area contributed by atoms with E-state index < -0.39 is 0 Å². The molecule has 1 heterocycles. The second-order valence-corrected chi connectivity index (χ2v) is 7.36. The molecule has 0 spiro atoms. The smallest absolute Gasteiger partial charge is 0.136 e. The third kappa shape index (κ3) is 3.32. The second kappa shape index (κ2) is 6.86. The Hall–Kier alpha value is -0.630. The van der Waals surface area contributed by atoms with E-state index in [0.29, 0.717) is 16.0 Å². The number of benzene rings is 1. The van der Waals surface area contributed by atoms with Crippen LogP contribution in [0, 0.1) is 12.8 Å². The van der Waals surface area contributed by atoms with Crippen molar-refractivity contribution in [3.05, 3.63) is 45.6 Å². The predicted molar refractivity (Wildman–Crippen MR) is 94.1 cm³/mol. The molecule has 0 bridgehead atoms. The highest BCUT2D eigenvalue weighted by atomic mass is 35.5. The van der Waals surface area contributed by atoms with Crippen LogP contribution in [0.15, 0.2) is 28.7 Å². The van der Waals surface area contributed by atoms with Gasteiger partial charge in [0.2, 0.25) is 0 Å². The first-order valence-corrected chi connectivity index (χ1v) is 8.95. The van der Waals surface area contributed by atoms with Gasteiger partial charge in [0.25, 0.3) is 0 Å². The van der Waals surface area contributed by atoms with Crippen LogP contribution in [0.5, 0.6) is 0 Å². The highest BCUT2D eigenvalue weighted by Crippen LogP contribution is 2.42. The molecule has 1 aliphatic rings. The molecule has 22 heavy (non-hydrogen) atoms. The monoisotopic (exact) mass is 356 g/mol. The van der Waals surface area contributed by atoms with Gasteiger partial charge < -0.3 is 4.42 Å². The van der Waals surface area contributed by atoms with Crippen molar-refractivity contribution in [3.8, 4) is 11.3 Å². The molecule has 1 nitrogen and oxygen atoms in total. The molecule has 3 rings (SSSR count). The maximum atomic E-state index is 6.74. The molecule has 1 unspecified atom stereocenters. The van der Waals surface area contributed by atoms with Crippen LogP contribution in [0.3, 0.4) is 0 Å². The van der Waals surface area contributed by atoms with Crippen LogP contribution >= 0.6 is 34.8 Å². The summed E-state index contributed by atoms with van der Waals surface area (Å²) in [4.78, 5) is 0. The Bertz CT molecular complexity index is 656. The van der Waals surface area contributed by atoms with Gasteiger partial charge in [0.1, 0.15) is 11.5 Å². The fraction of sp³-hybridized carbons (Fsp3) is 0.444. The van der Waals surface area contributed by atoms with Crippen LogP contribution in [0.2, 0.25) is 10.0 Å². The van der Waals surface area contributed by atoms with Crippen LogP contribution in [-0.2, 0) is 0 Å². The molecule has 1 aliphatic carbocycles. The fourth-order valence-electron chi connectivity index (χ4n) is 3.27. The van der Waals surface area contributed by atoms with Gasteiger partial charge in [-0.1, -0.05) is 42.5 Å². The van der Waals surface area contributed by atoms with Crippen molar-refractivity contribution in [2.45, 2.75) is 44.4 Å². The van der Waals surface area contributed by atoms with E-state index >= 15 is 0 Å². The van der Waals surface area contributed by atoms with Crippen molar-refractivity contribution in [1.82, 2.24) is 0 Å². The van der Waals surface area contributed by atoms with Gasteiger partial charge >= 0.3 is 0 Å². The molecule has 0 radical (unpaired) electrons.